The van der Waals surface area contributed by atoms with Crippen molar-refractivity contribution in [1.82, 2.24) is 9.88 Å². The number of likely N-dealkylation sites (tertiary alicyclic amines) is 1. The second kappa shape index (κ2) is 6.03. The summed E-state index contributed by atoms with van der Waals surface area (Å²) in [5.74, 6) is -0.0635. The summed E-state index contributed by atoms with van der Waals surface area (Å²) in [5, 5.41) is 10.5. The van der Waals surface area contributed by atoms with Crippen molar-refractivity contribution >= 4 is 24.1 Å². The van der Waals surface area contributed by atoms with E-state index in [-0.39, 0.29) is 35.9 Å². The summed E-state index contributed by atoms with van der Waals surface area (Å²) in [7, 11) is 0. The highest BCUT2D eigenvalue weighted by atomic mass is 35.5. The number of hydrogen-bond acceptors (Lipinski definition) is 4. The zero-order chi connectivity index (χ0) is 13.3. The Bertz CT molecular complexity index is 474. The lowest BCUT2D eigenvalue weighted by molar-refractivity contribution is -0.389. The van der Waals surface area contributed by atoms with Gasteiger partial charge in [0.1, 0.15) is 0 Å². The Balaban J connectivity index is 0.00000180. The number of nitrogens with one attached hydrogen (secondary N) is 1. The predicted molar refractivity (Wildman–Crippen MR) is 72.4 cm³/mol. The van der Waals surface area contributed by atoms with Gasteiger partial charge in [-0.05, 0) is 30.3 Å². The fourth-order valence-corrected chi connectivity index (χ4v) is 2.19. The standard InChI is InChI=1S/C11H16N4O3.ClH/c1-7(12)8-4-5-14(6-8)11(16)9-2-3-10(13-9)15(17)18;/h2-3,7-8,13H,4-6,12H2,1H3;1H. The van der Waals surface area contributed by atoms with Crippen LogP contribution in [-0.4, -0.2) is 39.8 Å². The molecule has 1 aliphatic rings. The van der Waals surface area contributed by atoms with Crippen LogP contribution < -0.4 is 5.73 Å². The summed E-state index contributed by atoms with van der Waals surface area (Å²) in [4.78, 5) is 26.3. The molecule has 0 aliphatic carbocycles. The largest absolute Gasteiger partial charge is 0.358 e. The lowest BCUT2D eigenvalue weighted by Gasteiger charge is -2.16. The number of halogens is 1. The maximum atomic E-state index is 12.1. The van der Waals surface area contributed by atoms with Crippen molar-refractivity contribution in [2.45, 2.75) is 19.4 Å². The van der Waals surface area contributed by atoms with Crippen LogP contribution in [0.15, 0.2) is 12.1 Å². The molecule has 8 heteroatoms. The van der Waals surface area contributed by atoms with Gasteiger partial charge in [0.2, 0.25) is 0 Å². The van der Waals surface area contributed by atoms with Crippen molar-refractivity contribution in [1.29, 1.82) is 0 Å². The Kier molecular flexibility index (Phi) is 4.90. The lowest BCUT2D eigenvalue weighted by atomic mass is 10.0. The average Bonchev–Trinajstić information content (AvgIpc) is 2.97. The summed E-state index contributed by atoms with van der Waals surface area (Å²) < 4.78 is 0. The lowest BCUT2D eigenvalue weighted by Crippen LogP contribution is -2.33. The highest BCUT2D eigenvalue weighted by Crippen LogP contribution is 2.21. The van der Waals surface area contributed by atoms with E-state index in [1.54, 1.807) is 4.90 Å². The Hall–Kier alpha value is -1.60. The molecule has 3 N–H and O–H groups in total. The molecule has 106 valence electrons. The van der Waals surface area contributed by atoms with Gasteiger partial charge in [-0.25, -0.2) is 4.98 Å². The van der Waals surface area contributed by atoms with Crippen LogP contribution in [0.1, 0.15) is 23.8 Å². The van der Waals surface area contributed by atoms with Gasteiger partial charge in [0, 0.05) is 25.2 Å². The van der Waals surface area contributed by atoms with Crippen molar-refractivity contribution in [2.75, 3.05) is 13.1 Å². The van der Waals surface area contributed by atoms with Crippen molar-refractivity contribution in [2.24, 2.45) is 11.7 Å². The van der Waals surface area contributed by atoms with Crippen LogP contribution in [0.5, 0.6) is 0 Å². The molecule has 2 unspecified atom stereocenters. The number of amides is 1. The average molecular weight is 289 g/mol. The minimum atomic E-state index is -0.550. The van der Waals surface area contributed by atoms with E-state index in [4.69, 9.17) is 5.73 Å². The third-order valence-electron chi connectivity index (χ3n) is 3.35. The highest BCUT2D eigenvalue weighted by molar-refractivity contribution is 5.93. The van der Waals surface area contributed by atoms with Crippen LogP contribution in [-0.2, 0) is 0 Å². The first-order valence-electron chi connectivity index (χ1n) is 5.87. The van der Waals surface area contributed by atoms with Crippen LogP contribution in [0, 0.1) is 16.0 Å². The van der Waals surface area contributed by atoms with Crippen molar-refractivity contribution in [3.8, 4) is 0 Å². The van der Waals surface area contributed by atoms with Gasteiger partial charge in [-0.2, -0.15) is 0 Å². The number of carbonyl (C=O) groups is 1. The first-order chi connectivity index (χ1) is 8.49. The summed E-state index contributed by atoms with van der Waals surface area (Å²) in [5.41, 5.74) is 6.06. The van der Waals surface area contributed by atoms with Crippen LogP contribution >= 0.6 is 12.4 Å². The number of nitrogens with zero attached hydrogens (tertiary/aromatic N) is 2. The second-order valence-corrected chi connectivity index (χ2v) is 4.67. The number of nitrogens with two attached hydrogens (primary N) is 1. The minimum Gasteiger partial charge on any atom is -0.358 e. The zero-order valence-corrected chi connectivity index (χ0v) is 11.4. The fraction of sp³-hybridized carbons (Fsp3) is 0.545. The molecule has 1 aromatic rings. The fourth-order valence-electron chi connectivity index (χ4n) is 2.19. The number of aromatic amines is 1. The number of carbonyl (C=O) groups excluding carboxylic acids is 1. The normalized spacial score (nSPS) is 19.9. The summed E-state index contributed by atoms with van der Waals surface area (Å²) in [6.07, 6.45) is 0.881. The minimum absolute atomic E-state index is 0. The summed E-state index contributed by atoms with van der Waals surface area (Å²) in [6.45, 7) is 3.19. The molecule has 1 fully saturated rings. The highest BCUT2D eigenvalue weighted by Gasteiger charge is 2.30. The Labute approximate surface area is 116 Å². The Morgan fingerprint density at radius 3 is 2.79 bits per heavy atom. The smallest absolute Gasteiger partial charge is 0.321 e. The van der Waals surface area contributed by atoms with Gasteiger partial charge in [-0.15, -0.1) is 12.4 Å². The van der Waals surface area contributed by atoms with Crippen LogP contribution in [0.3, 0.4) is 0 Å². The van der Waals surface area contributed by atoms with Crippen LogP contribution in [0.4, 0.5) is 5.82 Å². The van der Waals surface area contributed by atoms with E-state index in [2.05, 4.69) is 4.98 Å². The van der Waals surface area contributed by atoms with Crippen LogP contribution in [0.2, 0.25) is 0 Å². The first-order valence-corrected chi connectivity index (χ1v) is 5.87. The zero-order valence-electron chi connectivity index (χ0n) is 10.5. The molecule has 2 rings (SSSR count). The van der Waals surface area contributed by atoms with Gasteiger partial charge in [0.15, 0.2) is 5.69 Å². The quantitative estimate of drug-likeness (QED) is 0.643. The molecule has 19 heavy (non-hydrogen) atoms. The monoisotopic (exact) mass is 288 g/mol. The number of nitro groups is 1. The second-order valence-electron chi connectivity index (χ2n) is 4.67. The maximum absolute atomic E-state index is 12.1. The van der Waals surface area contributed by atoms with E-state index in [1.165, 1.54) is 12.1 Å². The van der Waals surface area contributed by atoms with E-state index >= 15 is 0 Å². The first kappa shape index (κ1) is 15.5. The Morgan fingerprint density at radius 2 is 2.32 bits per heavy atom. The van der Waals surface area contributed by atoms with Gasteiger partial charge in [0.25, 0.3) is 5.91 Å². The molecular formula is C11H17ClN4O3. The maximum Gasteiger partial charge on any atom is 0.321 e. The molecule has 1 amide bonds. The molecule has 1 saturated heterocycles. The van der Waals surface area contributed by atoms with Gasteiger partial charge >= 0.3 is 5.82 Å². The van der Waals surface area contributed by atoms with E-state index in [0.29, 0.717) is 19.0 Å². The molecule has 2 atom stereocenters. The molecule has 2 heterocycles. The van der Waals surface area contributed by atoms with E-state index in [0.717, 1.165) is 6.42 Å². The summed E-state index contributed by atoms with van der Waals surface area (Å²) >= 11 is 0. The molecule has 0 radical (unpaired) electrons. The molecule has 1 aliphatic heterocycles. The summed E-state index contributed by atoms with van der Waals surface area (Å²) in [6, 6.07) is 2.80. The van der Waals surface area contributed by atoms with E-state index in [9.17, 15) is 14.9 Å². The van der Waals surface area contributed by atoms with Crippen molar-refractivity contribution in [3.63, 3.8) is 0 Å². The third kappa shape index (κ3) is 3.24. The molecule has 7 nitrogen and oxygen atoms in total. The third-order valence-corrected chi connectivity index (χ3v) is 3.35. The van der Waals surface area contributed by atoms with Crippen molar-refractivity contribution in [3.05, 3.63) is 27.9 Å². The Morgan fingerprint density at radius 1 is 1.63 bits per heavy atom. The topological polar surface area (TPSA) is 105 Å². The molecule has 0 spiro atoms. The predicted octanol–water partition coefficient (Wildman–Crippen LogP) is 1.15. The molecule has 0 aromatic carbocycles. The molecule has 0 bridgehead atoms. The van der Waals surface area contributed by atoms with Gasteiger partial charge in [-0.3, -0.25) is 4.79 Å². The number of aromatic nitrogens is 1. The van der Waals surface area contributed by atoms with Crippen molar-refractivity contribution < 1.29 is 9.72 Å². The van der Waals surface area contributed by atoms with Gasteiger partial charge in [0.05, 0.1) is 0 Å². The number of rotatable bonds is 3. The van der Waals surface area contributed by atoms with E-state index in [1.807, 2.05) is 6.92 Å². The van der Waals surface area contributed by atoms with Crippen LogP contribution in [0.25, 0.3) is 0 Å². The molecule has 0 saturated carbocycles. The SMILES string of the molecule is CC(N)C1CCN(C(=O)c2ccc([N+](=O)[O-])[nH]2)C1.Cl. The van der Waals surface area contributed by atoms with E-state index < -0.39 is 4.92 Å². The van der Waals surface area contributed by atoms with Gasteiger partial charge < -0.3 is 20.7 Å². The molecular weight excluding hydrogens is 272 g/mol. The van der Waals surface area contributed by atoms with Gasteiger partial charge in [-0.1, -0.05) is 0 Å². The number of H-pyrrole nitrogens is 1. The number of hydrogen-bond donors (Lipinski definition) is 2. The molecule has 1 aromatic heterocycles.